The van der Waals surface area contributed by atoms with Crippen LogP contribution in [0.1, 0.15) is 13.3 Å². The molecule has 1 atom stereocenters. The second-order valence-electron chi connectivity index (χ2n) is 3.02. The zero-order valence-corrected chi connectivity index (χ0v) is 7.67. The molecule has 0 aromatic rings. The van der Waals surface area contributed by atoms with Crippen molar-refractivity contribution in [3.63, 3.8) is 0 Å². The van der Waals surface area contributed by atoms with E-state index in [0.717, 1.165) is 0 Å². The Morgan fingerprint density at radius 2 is 2.15 bits per heavy atom. The maximum atomic E-state index is 12.4. The molecule has 0 saturated heterocycles. The van der Waals surface area contributed by atoms with Crippen LogP contribution in [0.4, 0.5) is 8.78 Å². The molecule has 1 heterocycles. The number of nitrogens with zero attached hydrogens (tertiary/aromatic N) is 1. The summed E-state index contributed by atoms with van der Waals surface area (Å²) in [4.78, 5) is 1.42. The Morgan fingerprint density at radius 1 is 1.54 bits per heavy atom. The molecule has 2 nitrogen and oxygen atoms in total. The largest absolute Gasteiger partial charge is 0.510 e. The summed E-state index contributed by atoms with van der Waals surface area (Å²) in [6.07, 6.45) is 0.730. The fourth-order valence-corrected chi connectivity index (χ4v) is 1.49. The van der Waals surface area contributed by atoms with Crippen molar-refractivity contribution in [2.45, 2.75) is 25.8 Å². The second-order valence-corrected chi connectivity index (χ2v) is 3.02. The predicted octanol–water partition coefficient (Wildman–Crippen LogP) is 2.30. The van der Waals surface area contributed by atoms with Gasteiger partial charge >= 0.3 is 0 Å². The minimum Gasteiger partial charge on any atom is -0.510 e. The Balaban J connectivity index is 2.90. The Morgan fingerprint density at radius 3 is 2.62 bits per heavy atom. The molecule has 1 rings (SSSR count). The molecule has 0 aromatic heterocycles. The third kappa shape index (κ3) is 1.82. The summed E-state index contributed by atoms with van der Waals surface area (Å²) in [6, 6.07) is -0.311. The van der Waals surface area contributed by atoms with Crippen LogP contribution in [0.15, 0.2) is 23.6 Å². The predicted molar refractivity (Wildman–Crippen MR) is 46.6 cm³/mol. The molecule has 0 bridgehead atoms. The van der Waals surface area contributed by atoms with E-state index < -0.39 is 6.43 Å². The Hall–Kier alpha value is -1.06. The van der Waals surface area contributed by atoms with E-state index in [0.29, 0.717) is 6.42 Å². The highest BCUT2D eigenvalue weighted by Gasteiger charge is 2.26. The summed E-state index contributed by atoms with van der Waals surface area (Å²) < 4.78 is 24.8. The molecule has 1 aliphatic heterocycles. The average molecular weight is 189 g/mol. The lowest BCUT2D eigenvalue weighted by atomic mass is 10.1. The maximum absolute atomic E-state index is 12.4. The van der Waals surface area contributed by atoms with Gasteiger partial charge in [0.05, 0.1) is 11.7 Å². The van der Waals surface area contributed by atoms with Gasteiger partial charge in [-0.25, -0.2) is 8.78 Å². The van der Waals surface area contributed by atoms with Crippen LogP contribution in [0.25, 0.3) is 0 Å². The summed E-state index contributed by atoms with van der Waals surface area (Å²) in [5.41, 5.74) is -0.0374. The Kier molecular flexibility index (Phi) is 2.90. The monoisotopic (exact) mass is 189 g/mol. The van der Waals surface area contributed by atoms with Crippen LogP contribution in [0.2, 0.25) is 0 Å². The van der Waals surface area contributed by atoms with E-state index in [-0.39, 0.29) is 17.5 Å². The van der Waals surface area contributed by atoms with Gasteiger partial charge in [0, 0.05) is 7.05 Å². The molecule has 0 saturated carbocycles. The number of rotatable bonds is 2. The first-order valence-electron chi connectivity index (χ1n) is 4.19. The van der Waals surface area contributed by atoms with Crippen molar-refractivity contribution in [3.8, 4) is 0 Å². The number of halogens is 2. The topological polar surface area (TPSA) is 23.5 Å². The number of hydrogen-bond donors (Lipinski definition) is 1. The molecule has 74 valence electrons. The van der Waals surface area contributed by atoms with Gasteiger partial charge in [-0.1, -0.05) is 6.92 Å². The fraction of sp³-hybridized carbons (Fsp3) is 0.556. The first kappa shape index (κ1) is 10.0. The van der Waals surface area contributed by atoms with Crippen LogP contribution in [-0.2, 0) is 0 Å². The molecule has 0 aliphatic carbocycles. The first-order chi connectivity index (χ1) is 6.07. The molecule has 1 aliphatic rings. The van der Waals surface area contributed by atoms with Gasteiger partial charge in [-0.15, -0.1) is 0 Å². The van der Waals surface area contributed by atoms with E-state index >= 15 is 0 Å². The van der Waals surface area contributed by atoms with Gasteiger partial charge in [0.2, 0.25) is 0 Å². The van der Waals surface area contributed by atoms with Crippen molar-refractivity contribution in [3.05, 3.63) is 23.6 Å². The minimum atomic E-state index is -2.48. The smallest absolute Gasteiger partial charge is 0.278 e. The molecule has 0 aromatic carbocycles. The molecule has 0 spiro atoms. The SMILES string of the molecule is CCC1C(O)=CC=C(C(F)F)N1C. The fourth-order valence-electron chi connectivity index (χ4n) is 1.49. The average Bonchev–Trinajstić information content (AvgIpc) is 2.04. The van der Waals surface area contributed by atoms with Crippen LogP contribution >= 0.6 is 0 Å². The summed E-state index contributed by atoms with van der Waals surface area (Å²) in [7, 11) is 1.56. The molecule has 0 amide bonds. The van der Waals surface area contributed by atoms with Crippen LogP contribution in [0.5, 0.6) is 0 Å². The maximum Gasteiger partial charge on any atom is 0.278 e. The lowest BCUT2D eigenvalue weighted by Crippen LogP contribution is -2.36. The number of alkyl halides is 2. The number of hydrogen-bond acceptors (Lipinski definition) is 2. The Bertz CT molecular complexity index is 248. The van der Waals surface area contributed by atoms with Crippen molar-refractivity contribution in [1.82, 2.24) is 4.90 Å². The van der Waals surface area contributed by atoms with E-state index in [4.69, 9.17) is 0 Å². The first-order valence-corrected chi connectivity index (χ1v) is 4.19. The quantitative estimate of drug-likeness (QED) is 0.720. The molecule has 0 radical (unpaired) electrons. The van der Waals surface area contributed by atoms with E-state index in [9.17, 15) is 13.9 Å². The van der Waals surface area contributed by atoms with Gasteiger partial charge in [0.15, 0.2) is 0 Å². The lowest BCUT2D eigenvalue weighted by molar-refractivity contribution is 0.124. The van der Waals surface area contributed by atoms with E-state index in [2.05, 4.69) is 0 Å². The van der Waals surface area contributed by atoms with Crippen molar-refractivity contribution in [2.24, 2.45) is 0 Å². The molecular formula is C9H13F2NO. The molecule has 1 N–H and O–H groups in total. The van der Waals surface area contributed by atoms with Crippen molar-refractivity contribution >= 4 is 0 Å². The van der Waals surface area contributed by atoms with Crippen LogP contribution in [0, 0.1) is 0 Å². The number of allylic oxidation sites excluding steroid dienone is 3. The van der Waals surface area contributed by atoms with Gasteiger partial charge in [-0.05, 0) is 18.6 Å². The highest BCUT2D eigenvalue weighted by atomic mass is 19.3. The van der Waals surface area contributed by atoms with Gasteiger partial charge in [0.1, 0.15) is 5.76 Å². The standard InChI is InChI=1S/C9H13F2NO/c1-3-6-8(13)5-4-7(9(10)11)12(6)2/h4-6,9,13H,3H2,1-2H3. The van der Waals surface area contributed by atoms with Crippen molar-refractivity contribution < 1.29 is 13.9 Å². The highest BCUT2D eigenvalue weighted by molar-refractivity contribution is 5.24. The van der Waals surface area contributed by atoms with E-state index in [1.807, 2.05) is 6.92 Å². The van der Waals surface area contributed by atoms with E-state index in [1.165, 1.54) is 17.1 Å². The second kappa shape index (κ2) is 3.77. The Labute approximate surface area is 76.2 Å². The summed E-state index contributed by atoms with van der Waals surface area (Å²) >= 11 is 0. The number of aliphatic hydroxyl groups excluding tert-OH is 1. The van der Waals surface area contributed by atoms with Gasteiger partial charge in [-0.2, -0.15) is 0 Å². The van der Waals surface area contributed by atoms with Gasteiger partial charge in [-0.3, -0.25) is 0 Å². The minimum absolute atomic E-state index is 0.0374. The third-order valence-electron chi connectivity index (χ3n) is 2.25. The normalized spacial score (nSPS) is 23.2. The van der Waals surface area contributed by atoms with E-state index in [1.54, 1.807) is 7.05 Å². The summed E-state index contributed by atoms with van der Waals surface area (Å²) in [5, 5.41) is 9.37. The van der Waals surface area contributed by atoms with Gasteiger partial charge in [0.25, 0.3) is 6.43 Å². The molecule has 13 heavy (non-hydrogen) atoms. The zero-order chi connectivity index (χ0) is 10.0. The lowest BCUT2D eigenvalue weighted by Gasteiger charge is -2.32. The highest BCUT2D eigenvalue weighted by Crippen LogP contribution is 2.24. The van der Waals surface area contributed by atoms with Crippen molar-refractivity contribution in [2.75, 3.05) is 7.05 Å². The van der Waals surface area contributed by atoms with Crippen molar-refractivity contribution in [1.29, 1.82) is 0 Å². The molecule has 4 heteroatoms. The molecule has 1 unspecified atom stereocenters. The van der Waals surface area contributed by atoms with Crippen LogP contribution in [-0.4, -0.2) is 29.5 Å². The molecule has 0 fully saturated rings. The van der Waals surface area contributed by atoms with Gasteiger partial charge < -0.3 is 10.0 Å². The molecular weight excluding hydrogens is 176 g/mol. The zero-order valence-electron chi connectivity index (χ0n) is 7.67. The van der Waals surface area contributed by atoms with Crippen LogP contribution < -0.4 is 0 Å². The summed E-state index contributed by atoms with van der Waals surface area (Å²) in [5.74, 6) is 0.148. The summed E-state index contributed by atoms with van der Waals surface area (Å²) in [6.45, 7) is 1.85. The van der Waals surface area contributed by atoms with Crippen LogP contribution in [0.3, 0.4) is 0 Å². The number of aliphatic hydroxyl groups is 1. The third-order valence-corrected chi connectivity index (χ3v) is 2.25. The number of likely N-dealkylation sites (N-methyl/N-ethyl adjacent to an activating group) is 1.